The Labute approximate surface area is 112 Å². The average Bonchev–Trinajstić information content (AvgIpc) is 2.75. The van der Waals surface area contributed by atoms with E-state index in [0.29, 0.717) is 0 Å². The highest BCUT2D eigenvalue weighted by Gasteiger charge is 2.18. The van der Waals surface area contributed by atoms with Crippen LogP contribution in [-0.4, -0.2) is 4.33 Å². The summed E-state index contributed by atoms with van der Waals surface area (Å²) >= 11 is 0. The lowest BCUT2D eigenvalue weighted by Gasteiger charge is -2.15. The van der Waals surface area contributed by atoms with Crippen LogP contribution in [0, 0.1) is 0 Å². The Bertz CT molecular complexity index is 506. The van der Waals surface area contributed by atoms with E-state index in [1.54, 1.807) is 0 Å². The zero-order valence-corrected chi connectivity index (χ0v) is 12.7. The minimum Gasteiger partial charge on any atom is -0.324 e. The molecule has 1 heterocycles. The van der Waals surface area contributed by atoms with Crippen LogP contribution in [0.5, 0.6) is 0 Å². The predicted octanol–water partition coefficient (Wildman–Crippen LogP) is 5.44. The van der Waals surface area contributed by atoms with E-state index in [4.69, 9.17) is 0 Å². The quantitative estimate of drug-likeness (QED) is 0.691. The Morgan fingerprint density at radius 3 is 2.33 bits per heavy atom. The molecule has 2 rings (SSSR count). The molecule has 0 bridgehead atoms. The van der Waals surface area contributed by atoms with Gasteiger partial charge in [0.1, 0.15) is 0 Å². The summed E-state index contributed by atoms with van der Waals surface area (Å²) in [7, 11) is 1.36. The maximum atomic E-state index is 2.48. The van der Waals surface area contributed by atoms with Gasteiger partial charge in [0, 0.05) is 20.2 Å². The van der Waals surface area contributed by atoms with Crippen molar-refractivity contribution in [3.8, 4) is 11.3 Å². The zero-order valence-electron chi connectivity index (χ0n) is 11.8. The van der Waals surface area contributed by atoms with Crippen LogP contribution in [0.3, 0.4) is 0 Å². The molecule has 0 saturated heterocycles. The van der Waals surface area contributed by atoms with E-state index in [2.05, 4.69) is 68.4 Å². The van der Waals surface area contributed by atoms with Crippen molar-refractivity contribution in [2.24, 2.45) is 0 Å². The van der Waals surface area contributed by atoms with Crippen LogP contribution in [0.25, 0.3) is 11.3 Å². The van der Waals surface area contributed by atoms with Gasteiger partial charge in [0.05, 0.1) is 5.69 Å². The molecule has 0 aliphatic carbocycles. The number of hydrogen-bond acceptors (Lipinski definition) is 0. The van der Waals surface area contributed by atoms with Gasteiger partial charge in [0.15, 0.2) is 0 Å². The minimum absolute atomic E-state index is 0.254. The topological polar surface area (TPSA) is 4.93 Å². The molecular weight excluding hydrogens is 237 g/mol. The van der Waals surface area contributed by atoms with E-state index in [0.717, 1.165) is 6.54 Å². The molecule has 1 aromatic heterocycles. The summed E-state index contributed by atoms with van der Waals surface area (Å²) in [4.78, 5) is 0. The van der Waals surface area contributed by atoms with Crippen molar-refractivity contribution in [3.63, 3.8) is 0 Å². The standard InChI is InChI=1S/C16H22NP/c1-5-11-17-14(13-9-7-6-8-10-13)12-15(18-17)16(2,3)4/h6-10,12H,5,11H2,1-4H3. The molecular formula is C16H22NP. The van der Waals surface area contributed by atoms with Crippen molar-refractivity contribution < 1.29 is 0 Å². The van der Waals surface area contributed by atoms with E-state index >= 15 is 0 Å². The molecule has 96 valence electrons. The van der Waals surface area contributed by atoms with Crippen LogP contribution >= 0.6 is 8.35 Å². The Morgan fingerprint density at radius 1 is 1.11 bits per heavy atom. The van der Waals surface area contributed by atoms with Crippen LogP contribution in [0.15, 0.2) is 36.4 Å². The third kappa shape index (κ3) is 2.84. The molecule has 0 saturated carbocycles. The fourth-order valence-electron chi connectivity index (χ4n) is 2.01. The molecule has 18 heavy (non-hydrogen) atoms. The molecule has 0 atom stereocenters. The number of rotatable bonds is 3. The molecule has 2 aromatic rings. The van der Waals surface area contributed by atoms with Gasteiger partial charge in [-0.3, -0.25) is 0 Å². The summed E-state index contributed by atoms with van der Waals surface area (Å²) in [5.41, 5.74) is 2.96. The molecule has 0 fully saturated rings. The number of nitrogens with zero attached hydrogens (tertiary/aromatic N) is 1. The molecule has 0 amide bonds. The number of aromatic nitrogens is 1. The number of aryl methyl sites for hydroxylation is 1. The molecule has 1 nitrogen and oxygen atoms in total. The first-order valence-corrected chi connectivity index (χ1v) is 7.51. The summed E-state index contributed by atoms with van der Waals surface area (Å²) in [5.74, 6) is 0. The SMILES string of the molecule is CCCn1pc(C(C)(C)C)cc1-c1ccccc1. The lowest BCUT2D eigenvalue weighted by Crippen LogP contribution is -2.07. The molecule has 2 heteroatoms. The van der Waals surface area contributed by atoms with Crippen LogP contribution in [0.4, 0.5) is 0 Å². The van der Waals surface area contributed by atoms with Gasteiger partial charge in [-0.2, -0.15) is 0 Å². The summed E-state index contributed by atoms with van der Waals surface area (Å²) in [6, 6.07) is 13.1. The fraction of sp³-hybridized carbons (Fsp3) is 0.438. The smallest absolute Gasteiger partial charge is 0.0522 e. The van der Waals surface area contributed by atoms with E-state index in [-0.39, 0.29) is 5.41 Å². The van der Waals surface area contributed by atoms with Crippen molar-refractivity contribution in [2.45, 2.75) is 46.1 Å². The van der Waals surface area contributed by atoms with Gasteiger partial charge in [-0.25, -0.2) is 0 Å². The van der Waals surface area contributed by atoms with Gasteiger partial charge in [-0.1, -0.05) is 58.0 Å². The second kappa shape index (κ2) is 5.28. The fourth-order valence-corrected chi connectivity index (χ4v) is 3.33. The highest BCUT2D eigenvalue weighted by molar-refractivity contribution is 7.27. The molecule has 1 aromatic carbocycles. The highest BCUT2D eigenvalue weighted by atomic mass is 31.0. The Morgan fingerprint density at radius 2 is 1.78 bits per heavy atom. The molecule has 0 aliphatic rings. The van der Waals surface area contributed by atoms with Gasteiger partial charge in [0.2, 0.25) is 0 Å². The van der Waals surface area contributed by atoms with Crippen LogP contribution in [0.2, 0.25) is 0 Å². The van der Waals surface area contributed by atoms with Crippen molar-refractivity contribution in [1.82, 2.24) is 4.33 Å². The second-order valence-electron chi connectivity index (χ2n) is 5.75. The second-order valence-corrected chi connectivity index (χ2v) is 6.92. The summed E-state index contributed by atoms with van der Waals surface area (Å²) in [6.45, 7) is 10.3. The Balaban J connectivity index is 2.49. The van der Waals surface area contributed by atoms with Crippen LogP contribution in [0.1, 0.15) is 39.4 Å². The molecule has 0 unspecified atom stereocenters. The third-order valence-corrected chi connectivity index (χ3v) is 4.73. The normalized spacial score (nSPS) is 12.2. The number of hydrogen-bond donors (Lipinski definition) is 0. The lowest BCUT2D eigenvalue weighted by atomic mass is 9.94. The zero-order chi connectivity index (χ0) is 13.2. The van der Waals surface area contributed by atoms with Gasteiger partial charge in [-0.05, 0) is 23.5 Å². The highest BCUT2D eigenvalue weighted by Crippen LogP contribution is 2.36. The largest absolute Gasteiger partial charge is 0.324 e. The van der Waals surface area contributed by atoms with E-state index in [9.17, 15) is 0 Å². The Hall–Kier alpha value is -1.07. The van der Waals surface area contributed by atoms with Crippen LogP contribution < -0.4 is 0 Å². The van der Waals surface area contributed by atoms with E-state index in [1.165, 1.54) is 31.3 Å². The van der Waals surface area contributed by atoms with Gasteiger partial charge >= 0.3 is 0 Å². The van der Waals surface area contributed by atoms with Gasteiger partial charge < -0.3 is 4.33 Å². The predicted molar refractivity (Wildman–Crippen MR) is 81.4 cm³/mol. The maximum absolute atomic E-state index is 2.48. The van der Waals surface area contributed by atoms with Crippen molar-refractivity contribution in [3.05, 3.63) is 41.7 Å². The van der Waals surface area contributed by atoms with Crippen molar-refractivity contribution in [2.75, 3.05) is 0 Å². The molecule has 0 N–H and O–H groups in total. The van der Waals surface area contributed by atoms with E-state index in [1.807, 2.05) is 0 Å². The van der Waals surface area contributed by atoms with Gasteiger partial charge in [0.25, 0.3) is 0 Å². The average molecular weight is 259 g/mol. The third-order valence-electron chi connectivity index (χ3n) is 3.05. The molecule has 0 aliphatic heterocycles. The summed E-state index contributed by atoms with van der Waals surface area (Å²) < 4.78 is 2.48. The molecule has 0 spiro atoms. The maximum Gasteiger partial charge on any atom is 0.0522 e. The molecule has 0 radical (unpaired) electrons. The monoisotopic (exact) mass is 259 g/mol. The number of benzene rings is 1. The van der Waals surface area contributed by atoms with Gasteiger partial charge in [-0.15, -0.1) is 0 Å². The van der Waals surface area contributed by atoms with Crippen molar-refractivity contribution >= 4 is 8.35 Å². The van der Waals surface area contributed by atoms with Crippen molar-refractivity contribution in [1.29, 1.82) is 0 Å². The van der Waals surface area contributed by atoms with E-state index < -0.39 is 0 Å². The summed E-state index contributed by atoms with van der Waals surface area (Å²) in [5, 5.41) is 1.51. The first-order chi connectivity index (χ1) is 8.52. The van der Waals surface area contributed by atoms with Crippen LogP contribution in [-0.2, 0) is 12.0 Å². The Kier molecular flexibility index (Phi) is 3.92. The minimum atomic E-state index is 0.254. The lowest BCUT2D eigenvalue weighted by molar-refractivity contribution is 0.604. The first-order valence-electron chi connectivity index (χ1n) is 6.66. The first kappa shape index (κ1) is 13.4. The summed E-state index contributed by atoms with van der Waals surface area (Å²) in [6.07, 6.45) is 1.19.